The maximum absolute atomic E-state index is 11.6. The number of likely N-dealkylation sites (tertiary alicyclic amines) is 1. The van der Waals surface area contributed by atoms with Crippen molar-refractivity contribution in [3.63, 3.8) is 0 Å². The van der Waals surface area contributed by atoms with Crippen LogP contribution in [0.2, 0.25) is 0 Å². The molecule has 1 unspecified atom stereocenters. The van der Waals surface area contributed by atoms with Crippen LogP contribution in [0.4, 0.5) is 5.82 Å². The average molecular weight is 394 g/mol. The van der Waals surface area contributed by atoms with Crippen molar-refractivity contribution in [3.05, 3.63) is 47.2 Å². The van der Waals surface area contributed by atoms with Crippen LogP contribution in [0.3, 0.4) is 0 Å². The fraction of sp³-hybridized carbons (Fsp3) is 0.435. The number of benzene rings is 1. The van der Waals surface area contributed by atoms with Crippen molar-refractivity contribution in [1.82, 2.24) is 14.7 Å². The second-order valence-corrected chi connectivity index (χ2v) is 7.97. The summed E-state index contributed by atoms with van der Waals surface area (Å²) in [6, 6.07) is 7.77. The van der Waals surface area contributed by atoms with Crippen LogP contribution < -0.4 is 5.32 Å². The highest BCUT2D eigenvalue weighted by Crippen LogP contribution is 2.34. The molecule has 1 aromatic carbocycles. The van der Waals surface area contributed by atoms with Gasteiger partial charge in [0.25, 0.3) is 0 Å². The number of aromatic nitrogens is 2. The molecule has 1 atom stereocenters. The molecule has 1 aliphatic rings. The number of nitrogens with one attached hydrogen (secondary N) is 2. The molecule has 6 nitrogen and oxygen atoms in total. The number of ketones is 1. The number of carbonyl (C=O) groups is 1. The van der Waals surface area contributed by atoms with Gasteiger partial charge >= 0.3 is 0 Å². The molecule has 0 bridgehead atoms. The molecular formula is C23H31N5O. The fourth-order valence-corrected chi connectivity index (χ4v) is 3.66. The van der Waals surface area contributed by atoms with Crippen LogP contribution in [0, 0.1) is 5.41 Å². The van der Waals surface area contributed by atoms with E-state index in [1.165, 1.54) is 5.57 Å². The molecule has 1 aliphatic heterocycles. The fourth-order valence-electron chi connectivity index (χ4n) is 3.66. The number of carbonyl (C=O) groups excluding carboxylic acids is 1. The first-order valence-electron chi connectivity index (χ1n) is 10.2. The zero-order chi connectivity index (χ0) is 21.1. The van der Waals surface area contributed by atoms with E-state index in [2.05, 4.69) is 35.8 Å². The van der Waals surface area contributed by atoms with Gasteiger partial charge in [0.15, 0.2) is 5.78 Å². The third-order valence-corrected chi connectivity index (χ3v) is 5.58. The number of rotatable bonds is 7. The van der Waals surface area contributed by atoms with Crippen LogP contribution in [-0.4, -0.2) is 46.3 Å². The van der Waals surface area contributed by atoms with Crippen molar-refractivity contribution in [2.75, 3.05) is 25.5 Å². The van der Waals surface area contributed by atoms with Crippen molar-refractivity contribution in [1.29, 1.82) is 5.41 Å². The number of hydrogen-bond acceptors (Lipinski definition) is 5. The lowest BCUT2D eigenvalue weighted by Gasteiger charge is -2.16. The van der Waals surface area contributed by atoms with E-state index >= 15 is 0 Å². The summed E-state index contributed by atoms with van der Waals surface area (Å²) in [7, 11) is 2.13. The van der Waals surface area contributed by atoms with Crippen molar-refractivity contribution in [3.8, 4) is 11.3 Å². The number of anilines is 1. The van der Waals surface area contributed by atoms with Crippen LogP contribution in [0.1, 0.15) is 62.5 Å². The van der Waals surface area contributed by atoms with Crippen molar-refractivity contribution < 1.29 is 4.79 Å². The van der Waals surface area contributed by atoms with Gasteiger partial charge in [0.2, 0.25) is 0 Å². The van der Waals surface area contributed by atoms with Crippen molar-refractivity contribution in [2.24, 2.45) is 0 Å². The number of allylic oxidation sites excluding steroid dienone is 1. The minimum absolute atomic E-state index is 0.0436. The maximum Gasteiger partial charge on any atom is 0.159 e. The van der Waals surface area contributed by atoms with Gasteiger partial charge in [-0.1, -0.05) is 36.8 Å². The first-order chi connectivity index (χ1) is 13.8. The van der Waals surface area contributed by atoms with Gasteiger partial charge in [-0.3, -0.25) is 4.79 Å². The second kappa shape index (κ2) is 8.74. The summed E-state index contributed by atoms with van der Waals surface area (Å²) in [5, 5.41) is 16.9. The van der Waals surface area contributed by atoms with Crippen molar-refractivity contribution >= 4 is 17.3 Å². The molecule has 6 heteroatoms. The van der Waals surface area contributed by atoms with Gasteiger partial charge in [-0.25, -0.2) is 4.68 Å². The first kappa shape index (κ1) is 21.0. The third kappa shape index (κ3) is 4.48. The standard InChI is InChI=1S/C23H31N5O/c1-6-15(2)13-25-23-21(16(3)24)22(19-9-7-18(8-10-19)17(4)29)26-28(23)20-11-12-27(5)14-20/h7-10,13,20,24-25H,6,11-12,14H2,1-5H3. The second-order valence-electron chi connectivity index (χ2n) is 7.97. The molecule has 3 rings (SSSR count). The highest BCUT2D eigenvalue weighted by Gasteiger charge is 2.28. The van der Waals surface area contributed by atoms with E-state index in [9.17, 15) is 4.79 Å². The molecule has 29 heavy (non-hydrogen) atoms. The summed E-state index contributed by atoms with van der Waals surface area (Å²) >= 11 is 0. The minimum Gasteiger partial charge on any atom is -0.346 e. The smallest absolute Gasteiger partial charge is 0.159 e. The van der Waals surface area contributed by atoms with Crippen LogP contribution in [-0.2, 0) is 0 Å². The largest absolute Gasteiger partial charge is 0.346 e. The number of likely N-dealkylation sites (N-methyl/N-ethyl adjacent to an activating group) is 1. The number of hydrogen-bond donors (Lipinski definition) is 2. The van der Waals surface area contributed by atoms with Gasteiger partial charge in [-0.05, 0) is 40.7 Å². The first-order valence-corrected chi connectivity index (χ1v) is 10.2. The molecule has 2 heterocycles. The van der Waals surface area contributed by atoms with Gasteiger partial charge < -0.3 is 15.6 Å². The van der Waals surface area contributed by atoms with Crippen LogP contribution in [0.5, 0.6) is 0 Å². The van der Waals surface area contributed by atoms with Crippen molar-refractivity contribution in [2.45, 2.75) is 46.6 Å². The molecule has 0 spiro atoms. The van der Waals surface area contributed by atoms with E-state index in [1.807, 2.05) is 30.5 Å². The Kier molecular flexibility index (Phi) is 6.33. The van der Waals surface area contributed by atoms with Crippen LogP contribution >= 0.6 is 0 Å². The average Bonchev–Trinajstić information content (AvgIpc) is 3.29. The molecule has 154 valence electrons. The Bertz CT molecular complexity index is 939. The van der Waals surface area contributed by atoms with E-state index in [0.29, 0.717) is 11.3 Å². The lowest BCUT2D eigenvalue weighted by Crippen LogP contribution is -2.18. The Labute approximate surface area is 173 Å². The zero-order valence-electron chi connectivity index (χ0n) is 18.0. The molecule has 0 aliphatic carbocycles. The minimum atomic E-state index is 0.0436. The summed E-state index contributed by atoms with van der Waals surface area (Å²) in [6.07, 6.45) is 4.01. The molecule has 0 amide bonds. The molecule has 1 aromatic heterocycles. The lowest BCUT2D eigenvalue weighted by molar-refractivity contribution is 0.101. The maximum atomic E-state index is 11.6. The zero-order valence-corrected chi connectivity index (χ0v) is 18.0. The summed E-state index contributed by atoms with van der Waals surface area (Å²) in [4.78, 5) is 13.9. The normalized spacial score (nSPS) is 17.6. The predicted molar refractivity (Wildman–Crippen MR) is 119 cm³/mol. The molecule has 0 saturated carbocycles. The summed E-state index contributed by atoms with van der Waals surface area (Å²) in [5.41, 5.74) is 4.91. The van der Waals surface area contributed by atoms with Crippen LogP contribution in [0.15, 0.2) is 36.0 Å². The quantitative estimate of drug-likeness (QED) is 0.526. The van der Waals surface area contributed by atoms with Gasteiger partial charge in [-0.15, -0.1) is 0 Å². The Morgan fingerprint density at radius 3 is 2.48 bits per heavy atom. The van der Waals surface area contributed by atoms with E-state index < -0.39 is 0 Å². The van der Waals surface area contributed by atoms with E-state index in [1.54, 1.807) is 13.8 Å². The summed E-state index contributed by atoms with van der Waals surface area (Å²) in [6.45, 7) is 9.56. The highest BCUT2D eigenvalue weighted by molar-refractivity contribution is 6.06. The third-order valence-electron chi connectivity index (χ3n) is 5.58. The Morgan fingerprint density at radius 1 is 1.28 bits per heavy atom. The Morgan fingerprint density at radius 2 is 1.97 bits per heavy atom. The summed E-state index contributed by atoms with van der Waals surface area (Å²) < 4.78 is 2.06. The van der Waals surface area contributed by atoms with Gasteiger partial charge in [0.1, 0.15) is 11.5 Å². The molecular weight excluding hydrogens is 362 g/mol. The molecule has 1 fully saturated rings. The van der Waals surface area contributed by atoms with E-state index in [-0.39, 0.29) is 11.8 Å². The Hall–Kier alpha value is -2.73. The van der Waals surface area contributed by atoms with Gasteiger partial charge in [0, 0.05) is 36.1 Å². The SMILES string of the molecule is CCC(C)=CNc1c(C(C)=N)c(-c2ccc(C(C)=O)cc2)nn1C1CCN(C)C1. The Balaban J connectivity index is 2.13. The molecule has 1 saturated heterocycles. The van der Waals surface area contributed by atoms with E-state index in [0.717, 1.165) is 48.6 Å². The van der Waals surface area contributed by atoms with E-state index in [4.69, 9.17) is 10.5 Å². The molecule has 2 aromatic rings. The molecule has 2 N–H and O–H groups in total. The predicted octanol–water partition coefficient (Wildman–Crippen LogP) is 4.74. The number of nitrogens with zero attached hydrogens (tertiary/aromatic N) is 3. The summed E-state index contributed by atoms with van der Waals surface area (Å²) in [5.74, 6) is 0.915. The van der Waals surface area contributed by atoms with Gasteiger partial charge in [0.05, 0.1) is 11.6 Å². The van der Waals surface area contributed by atoms with Gasteiger partial charge in [-0.2, -0.15) is 5.10 Å². The lowest BCUT2D eigenvalue weighted by atomic mass is 10.0. The highest BCUT2D eigenvalue weighted by atomic mass is 16.1. The monoisotopic (exact) mass is 393 g/mol. The number of Topliss-reactive ketones (excluding diaryl/α,β-unsaturated/α-hetero) is 1. The topological polar surface area (TPSA) is 74.0 Å². The van der Waals surface area contributed by atoms with Crippen LogP contribution in [0.25, 0.3) is 11.3 Å². The molecule has 0 radical (unpaired) electrons.